The molecule has 17 heteroatoms. The molecular formula is C54H65N9O8. The van der Waals surface area contributed by atoms with Gasteiger partial charge in [-0.3, -0.25) is 38.4 Å². The summed E-state index contributed by atoms with van der Waals surface area (Å²) in [5, 5.41) is 15.0. The van der Waals surface area contributed by atoms with Gasteiger partial charge in [-0.15, -0.1) is 0 Å². The number of aromatic nitrogens is 1. The minimum absolute atomic E-state index is 0.0332. The van der Waals surface area contributed by atoms with Crippen LogP contribution in [0.15, 0.2) is 78.9 Å². The number of aromatic amines is 1. The number of fused-ring (bicyclic) bond motifs is 18. The van der Waals surface area contributed by atoms with Crippen LogP contribution in [0.1, 0.15) is 106 Å². The quantitative estimate of drug-likeness (QED) is 0.136. The average molecular weight is 968 g/mol. The van der Waals surface area contributed by atoms with Crippen molar-refractivity contribution in [3.63, 3.8) is 0 Å². The van der Waals surface area contributed by atoms with E-state index in [0.29, 0.717) is 55.3 Å². The van der Waals surface area contributed by atoms with Crippen LogP contribution < -0.4 is 32.3 Å². The topological polar surface area (TPSA) is 245 Å². The van der Waals surface area contributed by atoms with E-state index >= 15 is 0 Å². The minimum Gasteiger partial charge on any atom is -0.368 e. The Morgan fingerprint density at radius 1 is 0.676 bits per heavy atom. The SMILES string of the molecule is CC[C@H](C)[C@@H]1NC(=O)[C@@H]2CCCN2C(=O)[C@H]([C@@H](C)CC)NC(=O)[C@@H]2CCCN2C(=O)[C@H](Cc2ccccc2)NC(=O)[C@H](C)NC(=O)c2ccc(cc2)C#Cc2[nH]c3ccccc3c2C[C@@H](C(N)=O)NC1=O. The van der Waals surface area contributed by atoms with Gasteiger partial charge >= 0.3 is 0 Å². The van der Waals surface area contributed by atoms with Crippen LogP contribution in [-0.4, -0.2) is 117 Å². The molecule has 2 fully saturated rings. The van der Waals surface area contributed by atoms with Crippen molar-refractivity contribution >= 4 is 58.2 Å². The Balaban J connectivity index is 1.24. The molecule has 0 spiro atoms. The van der Waals surface area contributed by atoms with Crippen molar-refractivity contribution in [3.8, 4) is 11.8 Å². The molecule has 0 radical (unpaired) electrons. The van der Waals surface area contributed by atoms with Crippen molar-refractivity contribution in [3.05, 3.63) is 107 Å². The van der Waals surface area contributed by atoms with Gasteiger partial charge in [0.1, 0.15) is 42.3 Å². The molecule has 2 bridgehead atoms. The van der Waals surface area contributed by atoms with E-state index in [1.807, 2.05) is 82.3 Å². The molecule has 3 aromatic carbocycles. The maximum absolute atomic E-state index is 14.7. The third kappa shape index (κ3) is 11.9. The van der Waals surface area contributed by atoms with Crippen molar-refractivity contribution in [1.29, 1.82) is 0 Å². The van der Waals surface area contributed by atoms with Gasteiger partial charge in [-0.25, -0.2) is 0 Å². The molecule has 0 unspecified atom stereocenters. The number of carbonyl (C=O) groups excluding carboxylic acids is 8. The highest BCUT2D eigenvalue weighted by Crippen LogP contribution is 2.27. The van der Waals surface area contributed by atoms with Gasteiger partial charge in [-0.05, 0) is 91.8 Å². The first-order chi connectivity index (χ1) is 34.1. The molecule has 4 aliphatic heterocycles. The summed E-state index contributed by atoms with van der Waals surface area (Å²) in [5.74, 6) is 0.917. The van der Waals surface area contributed by atoms with Crippen molar-refractivity contribution in [2.24, 2.45) is 17.6 Å². The fourth-order valence-electron chi connectivity index (χ4n) is 9.61. The number of carbonyl (C=O) groups is 8. The Labute approximate surface area is 414 Å². The summed E-state index contributed by atoms with van der Waals surface area (Å²) in [7, 11) is 0. The second-order valence-electron chi connectivity index (χ2n) is 19.1. The summed E-state index contributed by atoms with van der Waals surface area (Å²) in [5.41, 5.74) is 9.38. The van der Waals surface area contributed by atoms with E-state index < -0.39 is 95.5 Å². The first-order valence-electron chi connectivity index (χ1n) is 24.8. The van der Waals surface area contributed by atoms with E-state index in [1.54, 1.807) is 24.3 Å². The van der Waals surface area contributed by atoms with E-state index in [2.05, 4.69) is 43.4 Å². The van der Waals surface area contributed by atoms with Crippen LogP contribution >= 0.6 is 0 Å². The zero-order chi connectivity index (χ0) is 50.9. The molecule has 71 heavy (non-hydrogen) atoms. The first kappa shape index (κ1) is 51.4. The van der Waals surface area contributed by atoms with Crippen molar-refractivity contribution < 1.29 is 38.4 Å². The van der Waals surface area contributed by atoms with Crippen LogP contribution in [0.2, 0.25) is 0 Å². The van der Waals surface area contributed by atoms with Crippen molar-refractivity contribution in [1.82, 2.24) is 41.4 Å². The molecule has 1 aromatic heterocycles. The Hall–Kier alpha value is -7.48. The van der Waals surface area contributed by atoms with Gasteiger partial charge < -0.3 is 47.1 Å². The summed E-state index contributed by atoms with van der Waals surface area (Å²) >= 11 is 0. The molecule has 17 nitrogen and oxygen atoms in total. The number of benzene rings is 3. The predicted molar refractivity (Wildman–Crippen MR) is 267 cm³/mol. The molecule has 5 heterocycles. The van der Waals surface area contributed by atoms with Gasteiger partial charge in [0.15, 0.2) is 0 Å². The van der Waals surface area contributed by atoms with E-state index in [4.69, 9.17) is 5.73 Å². The Morgan fingerprint density at radius 3 is 1.90 bits per heavy atom. The molecule has 2 saturated heterocycles. The number of nitrogens with two attached hydrogens (primary N) is 1. The highest BCUT2D eigenvalue weighted by Gasteiger charge is 2.44. The van der Waals surface area contributed by atoms with Gasteiger partial charge in [0, 0.05) is 48.0 Å². The zero-order valence-corrected chi connectivity index (χ0v) is 41.0. The van der Waals surface area contributed by atoms with Crippen molar-refractivity contribution in [2.45, 2.75) is 128 Å². The lowest BCUT2D eigenvalue weighted by Gasteiger charge is -2.34. The van der Waals surface area contributed by atoms with Gasteiger partial charge in [-0.1, -0.05) is 95.0 Å². The van der Waals surface area contributed by atoms with E-state index in [9.17, 15) is 38.4 Å². The molecule has 4 aromatic rings. The summed E-state index contributed by atoms with van der Waals surface area (Å²) in [4.78, 5) is 119. The second-order valence-corrected chi connectivity index (χ2v) is 19.1. The van der Waals surface area contributed by atoms with Crippen LogP contribution in [0.3, 0.4) is 0 Å². The van der Waals surface area contributed by atoms with E-state index in [0.717, 1.165) is 16.5 Å². The standard InChI is InChI=1S/C54H65N9O8/c1-6-31(3)45-52(69)58-41(47(55)64)30-38-37-17-11-12-18-39(37)57-40(38)26-23-34-21-24-36(25-22-34)49(66)56-33(5)48(65)59-42(29-35-15-9-8-10-16-35)53(70)62-27-13-19-43(62)51(68)61-46(32(4)7-2)54(71)63-28-14-20-44(63)50(67)60-45/h8-12,15-18,21-22,24-25,31-33,41-46,57H,6-7,13-14,19-20,27-30H2,1-5H3,(H2,55,64)(H,56,66)(H,58,69)(H,59,65)(H,60,67)(H,61,68)/t31-,32-,33-,41-,42-,43-,44-,45-,46-/m0/s1. The maximum Gasteiger partial charge on any atom is 0.251 e. The number of amides is 8. The monoisotopic (exact) mass is 967 g/mol. The molecule has 8 N–H and O–H groups in total. The number of H-pyrrole nitrogens is 1. The van der Waals surface area contributed by atoms with E-state index in [-0.39, 0.29) is 37.4 Å². The van der Waals surface area contributed by atoms with Gasteiger partial charge in [-0.2, -0.15) is 0 Å². The molecule has 374 valence electrons. The van der Waals surface area contributed by atoms with E-state index in [1.165, 1.54) is 16.7 Å². The Morgan fingerprint density at radius 2 is 1.27 bits per heavy atom. The molecule has 0 aliphatic carbocycles. The maximum atomic E-state index is 14.7. The van der Waals surface area contributed by atoms with Gasteiger partial charge in [0.05, 0.1) is 5.69 Å². The third-order valence-electron chi connectivity index (χ3n) is 14.2. The molecule has 0 saturated carbocycles. The van der Waals surface area contributed by atoms with Crippen LogP contribution in [-0.2, 0) is 46.4 Å². The number of hydrogen-bond donors (Lipinski definition) is 7. The van der Waals surface area contributed by atoms with Crippen LogP contribution in [0.4, 0.5) is 0 Å². The summed E-state index contributed by atoms with van der Waals surface area (Å²) < 4.78 is 0. The number of nitrogens with one attached hydrogen (secondary N) is 6. The van der Waals surface area contributed by atoms with Gasteiger partial charge in [0.2, 0.25) is 41.4 Å². The van der Waals surface area contributed by atoms with Crippen LogP contribution in [0, 0.1) is 23.7 Å². The largest absolute Gasteiger partial charge is 0.368 e. The summed E-state index contributed by atoms with van der Waals surface area (Å²) in [6.07, 6.45) is 2.69. The lowest BCUT2D eigenvalue weighted by atomic mass is 9.95. The number of rotatable bonds is 7. The molecule has 8 amide bonds. The van der Waals surface area contributed by atoms with Crippen LogP contribution in [0.25, 0.3) is 10.9 Å². The third-order valence-corrected chi connectivity index (χ3v) is 14.2. The Bertz CT molecular complexity index is 2710. The predicted octanol–water partition coefficient (Wildman–Crippen LogP) is 2.98. The highest BCUT2D eigenvalue weighted by atomic mass is 16.2. The normalized spacial score (nSPS) is 25.0. The minimum atomic E-state index is -1.21. The average Bonchev–Trinajstić information content (AvgIpc) is 4.15. The molecule has 8 rings (SSSR count). The van der Waals surface area contributed by atoms with Crippen molar-refractivity contribution in [2.75, 3.05) is 13.1 Å². The number of primary amides is 1. The smallest absolute Gasteiger partial charge is 0.251 e. The second kappa shape index (κ2) is 23.0. The number of hydrogen-bond acceptors (Lipinski definition) is 8. The fraction of sp³-hybridized carbons (Fsp3) is 0.444. The summed E-state index contributed by atoms with van der Waals surface area (Å²) in [6, 6.07) is 15.6. The van der Waals surface area contributed by atoms with Gasteiger partial charge in [0.25, 0.3) is 5.91 Å². The fourth-order valence-corrected chi connectivity index (χ4v) is 9.61. The number of nitrogens with zero attached hydrogens (tertiary/aromatic N) is 2. The zero-order valence-electron chi connectivity index (χ0n) is 41.0. The number of para-hydroxylation sites is 1. The Kier molecular flexibility index (Phi) is 16.6. The lowest BCUT2D eigenvalue weighted by Crippen LogP contribution is -2.61. The summed E-state index contributed by atoms with van der Waals surface area (Å²) in [6.45, 7) is 9.39. The molecule has 4 aliphatic rings. The molecular weight excluding hydrogens is 903 g/mol. The molecule has 9 atom stereocenters. The lowest BCUT2D eigenvalue weighted by molar-refractivity contribution is -0.145. The van der Waals surface area contributed by atoms with Crippen LogP contribution in [0.5, 0.6) is 0 Å². The first-order valence-corrected chi connectivity index (χ1v) is 24.8. The highest BCUT2D eigenvalue weighted by molar-refractivity contribution is 6.00.